The standard InChI is InChI=1S/C15H31N3O5/c1-3-14(19)18-7-9-22-11-13-23-12-10-21-8-4-15(20)17-6-5-16-2/h16H,3-13H2,1-2H3,(H,17,20)(H,18,19). The molecule has 136 valence electrons. The van der Waals surface area contributed by atoms with Crippen molar-refractivity contribution in [3.05, 3.63) is 0 Å². The third-order valence-electron chi connectivity index (χ3n) is 2.80. The van der Waals surface area contributed by atoms with Gasteiger partial charge in [-0.2, -0.15) is 0 Å². The van der Waals surface area contributed by atoms with Crippen molar-refractivity contribution >= 4 is 11.8 Å². The molecule has 0 fully saturated rings. The van der Waals surface area contributed by atoms with Gasteiger partial charge in [-0.05, 0) is 7.05 Å². The number of rotatable bonds is 16. The highest BCUT2D eigenvalue weighted by Crippen LogP contribution is 1.85. The number of nitrogens with one attached hydrogen (secondary N) is 3. The van der Waals surface area contributed by atoms with Crippen LogP contribution in [-0.2, 0) is 23.8 Å². The number of ether oxygens (including phenoxy) is 3. The molecule has 8 nitrogen and oxygen atoms in total. The van der Waals surface area contributed by atoms with Crippen molar-refractivity contribution < 1.29 is 23.8 Å². The van der Waals surface area contributed by atoms with Crippen LogP contribution in [-0.4, -0.2) is 78.1 Å². The van der Waals surface area contributed by atoms with E-state index in [2.05, 4.69) is 16.0 Å². The Balaban J connectivity index is 3.13. The molecule has 23 heavy (non-hydrogen) atoms. The molecule has 0 rings (SSSR count). The van der Waals surface area contributed by atoms with Crippen LogP contribution in [0.5, 0.6) is 0 Å². The highest BCUT2D eigenvalue weighted by atomic mass is 16.5. The number of amides is 2. The van der Waals surface area contributed by atoms with E-state index in [1.54, 1.807) is 0 Å². The lowest BCUT2D eigenvalue weighted by Crippen LogP contribution is -2.31. The van der Waals surface area contributed by atoms with E-state index >= 15 is 0 Å². The fraction of sp³-hybridized carbons (Fsp3) is 0.867. The Morgan fingerprint density at radius 3 is 1.91 bits per heavy atom. The van der Waals surface area contributed by atoms with Crippen LogP contribution in [0.2, 0.25) is 0 Å². The normalized spacial score (nSPS) is 10.5. The summed E-state index contributed by atoms with van der Waals surface area (Å²) in [5.74, 6) is 0.0162. The third-order valence-corrected chi connectivity index (χ3v) is 2.80. The molecule has 0 heterocycles. The lowest BCUT2D eigenvalue weighted by molar-refractivity contribution is -0.122. The van der Waals surface area contributed by atoms with Crippen molar-refractivity contribution in [2.45, 2.75) is 19.8 Å². The Labute approximate surface area is 138 Å². The molecule has 0 aromatic heterocycles. The summed E-state index contributed by atoms with van der Waals surface area (Å²) >= 11 is 0. The first-order valence-electron chi connectivity index (χ1n) is 8.12. The SMILES string of the molecule is CCC(=O)NCCOCCOCCOCCC(=O)NCCNC. The summed E-state index contributed by atoms with van der Waals surface area (Å²) in [5, 5.41) is 8.45. The maximum atomic E-state index is 11.3. The first kappa shape index (κ1) is 21.8. The first-order chi connectivity index (χ1) is 11.2. The van der Waals surface area contributed by atoms with Gasteiger partial charge in [0.1, 0.15) is 0 Å². The molecule has 0 aromatic carbocycles. The van der Waals surface area contributed by atoms with E-state index in [0.29, 0.717) is 65.6 Å². The zero-order chi connectivity index (χ0) is 17.2. The fourth-order valence-electron chi connectivity index (χ4n) is 1.51. The molecule has 0 aromatic rings. The van der Waals surface area contributed by atoms with Gasteiger partial charge < -0.3 is 30.2 Å². The van der Waals surface area contributed by atoms with Crippen molar-refractivity contribution in [1.82, 2.24) is 16.0 Å². The van der Waals surface area contributed by atoms with Crippen LogP contribution in [0.1, 0.15) is 19.8 Å². The van der Waals surface area contributed by atoms with Crippen molar-refractivity contribution in [3.8, 4) is 0 Å². The monoisotopic (exact) mass is 333 g/mol. The average Bonchev–Trinajstić information content (AvgIpc) is 2.55. The average molecular weight is 333 g/mol. The van der Waals surface area contributed by atoms with Gasteiger partial charge in [-0.25, -0.2) is 0 Å². The summed E-state index contributed by atoms with van der Waals surface area (Å²) in [7, 11) is 1.84. The summed E-state index contributed by atoms with van der Waals surface area (Å²) in [6.45, 7) is 6.47. The van der Waals surface area contributed by atoms with E-state index in [1.165, 1.54) is 0 Å². The van der Waals surface area contributed by atoms with Gasteiger partial charge in [0.25, 0.3) is 0 Å². The number of hydrogen-bond acceptors (Lipinski definition) is 6. The molecule has 0 spiro atoms. The van der Waals surface area contributed by atoms with Gasteiger partial charge in [0.05, 0.1) is 39.6 Å². The van der Waals surface area contributed by atoms with Gasteiger partial charge in [0, 0.05) is 32.5 Å². The molecule has 0 radical (unpaired) electrons. The molecule has 8 heteroatoms. The van der Waals surface area contributed by atoms with E-state index < -0.39 is 0 Å². The smallest absolute Gasteiger partial charge is 0.222 e. The van der Waals surface area contributed by atoms with Crippen molar-refractivity contribution in [2.75, 3.05) is 66.3 Å². The summed E-state index contributed by atoms with van der Waals surface area (Å²) in [6, 6.07) is 0. The van der Waals surface area contributed by atoms with Crippen LogP contribution in [0.25, 0.3) is 0 Å². The number of likely N-dealkylation sites (N-methyl/N-ethyl adjacent to an activating group) is 1. The molecule has 0 saturated heterocycles. The van der Waals surface area contributed by atoms with Crippen molar-refractivity contribution in [1.29, 1.82) is 0 Å². The van der Waals surface area contributed by atoms with Gasteiger partial charge in [0.15, 0.2) is 0 Å². The maximum absolute atomic E-state index is 11.3. The second-order valence-corrected chi connectivity index (χ2v) is 4.74. The second-order valence-electron chi connectivity index (χ2n) is 4.74. The van der Waals surface area contributed by atoms with Crippen LogP contribution in [0, 0.1) is 0 Å². The summed E-state index contributed by atoms with van der Waals surface area (Å²) in [6.07, 6.45) is 0.844. The Bertz CT molecular complexity index is 303. The lowest BCUT2D eigenvalue weighted by atomic mass is 10.4. The lowest BCUT2D eigenvalue weighted by Gasteiger charge is -2.08. The third kappa shape index (κ3) is 17.0. The Morgan fingerprint density at radius 1 is 0.739 bits per heavy atom. The van der Waals surface area contributed by atoms with Crippen molar-refractivity contribution in [3.63, 3.8) is 0 Å². The van der Waals surface area contributed by atoms with Crippen molar-refractivity contribution in [2.24, 2.45) is 0 Å². The quantitative estimate of drug-likeness (QED) is 0.323. The molecule has 2 amide bonds. The van der Waals surface area contributed by atoms with E-state index in [-0.39, 0.29) is 11.8 Å². The van der Waals surface area contributed by atoms with Gasteiger partial charge in [0.2, 0.25) is 11.8 Å². The van der Waals surface area contributed by atoms with Gasteiger partial charge in [-0.1, -0.05) is 6.92 Å². The number of carbonyl (C=O) groups is 2. The minimum absolute atomic E-state index is 0.00951. The second kappa shape index (κ2) is 17.1. The Morgan fingerprint density at radius 2 is 1.30 bits per heavy atom. The van der Waals surface area contributed by atoms with E-state index in [0.717, 1.165) is 6.54 Å². The minimum atomic E-state index is -0.00951. The largest absolute Gasteiger partial charge is 0.379 e. The highest BCUT2D eigenvalue weighted by molar-refractivity contribution is 5.76. The van der Waals surface area contributed by atoms with Gasteiger partial charge in [-0.15, -0.1) is 0 Å². The molecule has 0 bridgehead atoms. The molecule has 0 aliphatic rings. The highest BCUT2D eigenvalue weighted by Gasteiger charge is 2.00. The molecule has 0 aliphatic heterocycles. The first-order valence-corrected chi connectivity index (χ1v) is 8.12. The molecular weight excluding hydrogens is 302 g/mol. The molecule has 0 saturated carbocycles. The predicted molar refractivity (Wildman–Crippen MR) is 87.3 cm³/mol. The van der Waals surface area contributed by atoms with E-state index in [9.17, 15) is 9.59 Å². The molecule has 3 N–H and O–H groups in total. The van der Waals surface area contributed by atoms with E-state index in [4.69, 9.17) is 14.2 Å². The summed E-state index contributed by atoms with van der Waals surface area (Å²) in [5.41, 5.74) is 0. The van der Waals surface area contributed by atoms with Crippen LogP contribution < -0.4 is 16.0 Å². The van der Waals surface area contributed by atoms with Crippen LogP contribution in [0.15, 0.2) is 0 Å². The topological polar surface area (TPSA) is 97.9 Å². The van der Waals surface area contributed by atoms with Gasteiger partial charge >= 0.3 is 0 Å². The Kier molecular flexibility index (Phi) is 16.2. The maximum Gasteiger partial charge on any atom is 0.222 e. The Hall–Kier alpha value is -1.22. The van der Waals surface area contributed by atoms with Crippen LogP contribution in [0.4, 0.5) is 0 Å². The summed E-state index contributed by atoms with van der Waals surface area (Å²) < 4.78 is 15.9. The zero-order valence-corrected chi connectivity index (χ0v) is 14.3. The predicted octanol–water partition coefficient (Wildman–Crippen LogP) is -0.712. The molecular formula is C15H31N3O5. The summed E-state index contributed by atoms with van der Waals surface area (Å²) in [4.78, 5) is 22.3. The minimum Gasteiger partial charge on any atom is -0.379 e. The molecule has 0 atom stereocenters. The van der Waals surface area contributed by atoms with Crippen LogP contribution in [0.3, 0.4) is 0 Å². The molecule has 0 unspecified atom stereocenters. The van der Waals surface area contributed by atoms with Crippen LogP contribution >= 0.6 is 0 Å². The molecule has 0 aliphatic carbocycles. The fourth-order valence-corrected chi connectivity index (χ4v) is 1.51. The number of carbonyl (C=O) groups excluding carboxylic acids is 2. The van der Waals surface area contributed by atoms with Gasteiger partial charge in [-0.3, -0.25) is 9.59 Å². The number of hydrogen-bond donors (Lipinski definition) is 3. The van der Waals surface area contributed by atoms with E-state index in [1.807, 2.05) is 14.0 Å². The zero-order valence-electron chi connectivity index (χ0n) is 14.3.